The molecule has 0 bridgehead atoms. The van der Waals surface area contributed by atoms with E-state index in [1.54, 1.807) is 0 Å². The third-order valence-corrected chi connectivity index (χ3v) is 4.11. The van der Waals surface area contributed by atoms with Gasteiger partial charge in [0.1, 0.15) is 0 Å². The molecule has 0 aliphatic carbocycles. The molecule has 0 spiro atoms. The fraction of sp³-hybridized carbons (Fsp3) is 0.833. The van der Waals surface area contributed by atoms with Crippen LogP contribution in [0.25, 0.3) is 0 Å². The average molecular weight is 354 g/mol. The Morgan fingerprint density at radius 2 is 1.19 bits per heavy atom. The third-order valence-electron chi connectivity index (χ3n) is 3.16. The van der Waals surface area contributed by atoms with Crippen LogP contribution in [0.1, 0.15) is 19.3 Å². The van der Waals surface area contributed by atoms with Gasteiger partial charge in [0, 0.05) is 19.6 Å². The van der Waals surface area contributed by atoms with Gasteiger partial charge in [-0.05, 0) is 36.5 Å². The molecule has 0 unspecified atom stereocenters. The zero-order chi connectivity index (χ0) is 15.8. The maximum atomic E-state index is 12.4. The lowest BCUT2D eigenvalue weighted by Crippen LogP contribution is -2.66. The predicted octanol–water partition coefficient (Wildman–Crippen LogP) is 1.38. The van der Waals surface area contributed by atoms with E-state index >= 15 is 0 Å². The number of nitrogens with zero attached hydrogens (tertiary/aromatic N) is 3. The number of carbonyl (C=O) groups is 2. The van der Waals surface area contributed by atoms with Crippen molar-refractivity contribution in [3.05, 3.63) is 0 Å². The summed E-state index contributed by atoms with van der Waals surface area (Å²) in [6.45, 7) is 1.04. The molecule has 1 aliphatic heterocycles. The van der Waals surface area contributed by atoms with Crippen LogP contribution >= 0.6 is 37.9 Å². The number of hydrogen-bond donors (Lipinski definition) is 4. The molecule has 0 aromatic heterocycles. The molecule has 1 heterocycles. The van der Waals surface area contributed by atoms with E-state index in [1.165, 1.54) is 14.7 Å². The molecule has 4 amide bonds. The van der Waals surface area contributed by atoms with Crippen LogP contribution in [0, 0.1) is 0 Å². The van der Waals surface area contributed by atoms with Gasteiger partial charge in [-0.15, -0.1) is 0 Å². The van der Waals surface area contributed by atoms with Crippen molar-refractivity contribution < 1.29 is 14.7 Å². The highest BCUT2D eigenvalue weighted by Gasteiger charge is 2.42. The number of amides is 4. The molecule has 1 saturated heterocycles. The second kappa shape index (κ2) is 9.70. The molecule has 9 heteroatoms. The molecule has 0 aromatic rings. The fourth-order valence-electron chi connectivity index (χ4n) is 2.08. The van der Waals surface area contributed by atoms with Crippen LogP contribution in [0.4, 0.5) is 9.59 Å². The lowest BCUT2D eigenvalue weighted by atomic mass is 10.3. The predicted molar refractivity (Wildman–Crippen MR) is 92.3 cm³/mol. The van der Waals surface area contributed by atoms with E-state index in [4.69, 9.17) is 0 Å². The van der Waals surface area contributed by atoms with Gasteiger partial charge in [-0.25, -0.2) is 14.5 Å². The summed E-state index contributed by atoms with van der Waals surface area (Å²) in [6.07, 6.45) is 0.719. The highest BCUT2D eigenvalue weighted by Crippen LogP contribution is 2.19. The molecule has 0 radical (unpaired) electrons. The minimum absolute atomic E-state index is 0.308. The van der Waals surface area contributed by atoms with Gasteiger partial charge in [0.15, 0.2) is 0 Å². The van der Waals surface area contributed by atoms with Crippen molar-refractivity contribution in [1.29, 1.82) is 0 Å². The van der Waals surface area contributed by atoms with Gasteiger partial charge in [0.2, 0.25) is 6.35 Å². The van der Waals surface area contributed by atoms with Gasteiger partial charge in [0.25, 0.3) is 0 Å². The zero-order valence-electron chi connectivity index (χ0n) is 11.9. The van der Waals surface area contributed by atoms with E-state index in [1.807, 2.05) is 0 Å². The quantitative estimate of drug-likeness (QED) is 0.474. The number of urea groups is 2. The van der Waals surface area contributed by atoms with Gasteiger partial charge >= 0.3 is 12.1 Å². The number of rotatable bonds is 9. The van der Waals surface area contributed by atoms with Gasteiger partial charge in [0.05, 0.1) is 0 Å². The summed E-state index contributed by atoms with van der Waals surface area (Å²) in [4.78, 5) is 28.5. The molecule has 1 aliphatic rings. The standard InChI is InChI=1S/C12H23N3O3S3/c16-10-13(4-1-7-19)11(17)15(6-3-9-21)12(18)14(10)5-2-8-20/h10,16,19-21H,1-9H2. The van der Waals surface area contributed by atoms with Crippen LogP contribution in [0.15, 0.2) is 0 Å². The average Bonchev–Trinajstić information content (AvgIpc) is 2.47. The molecule has 1 N–H and O–H groups in total. The van der Waals surface area contributed by atoms with E-state index in [2.05, 4.69) is 37.9 Å². The highest BCUT2D eigenvalue weighted by atomic mass is 32.1. The Balaban J connectivity index is 2.87. The normalized spacial score (nSPS) is 17.0. The smallest absolute Gasteiger partial charge is 0.331 e. The molecule has 1 fully saturated rings. The summed E-state index contributed by atoms with van der Waals surface area (Å²) in [5.74, 6) is 1.81. The Hall–Kier alpha value is -0.250. The summed E-state index contributed by atoms with van der Waals surface area (Å²) in [6, 6.07) is -0.892. The zero-order valence-corrected chi connectivity index (χ0v) is 14.6. The van der Waals surface area contributed by atoms with Crippen LogP contribution in [0.3, 0.4) is 0 Å². The topological polar surface area (TPSA) is 64.1 Å². The first-order valence-corrected chi connectivity index (χ1v) is 8.87. The van der Waals surface area contributed by atoms with E-state index in [9.17, 15) is 14.7 Å². The van der Waals surface area contributed by atoms with Gasteiger partial charge in [-0.1, -0.05) is 0 Å². The summed E-state index contributed by atoms with van der Waals surface area (Å²) in [5.41, 5.74) is 0. The summed E-state index contributed by atoms with van der Waals surface area (Å²) < 4.78 is 0. The van der Waals surface area contributed by atoms with E-state index < -0.39 is 18.4 Å². The van der Waals surface area contributed by atoms with Crippen molar-refractivity contribution in [3.8, 4) is 0 Å². The third kappa shape index (κ3) is 4.87. The molecule has 0 saturated carbocycles. The molecule has 0 aromatic carbocycles. The van der Waals surface area contributed by atoms with Crippen LogP contribution < -0.4 is 0 Å². The number of hydrogen-bond acceptors (Lipinski definition) is 6. The minimum Gasteiger partial charge on any atom is -0.356 e. The number of imide groups is 1. The van der Waals surface area contributed by atoms with Crippen molar-refractivity contribution in [2.24, 2.45) is 0 Å². The summed E-state index contributed by atoms with van der Waals surface area (Å²) in [7, 11) is 0. The van der Waals surface area contributed by atoms with E-state index in [0.29, 0.717) is 56.2 Å². The number of carbonyl (C=O) groups excluding carboxylic acids is 2. The van der Waals surface area contributed by atoms with Crippen molar-refractivity contribution in [2.45, 2.75) is 25.6 Å². The summed E-state index contributed by atoms with van der Waals surface area (Å²) in [5, 5.41) is 10.3. The Kier molecular flexibility index (Phi) is 8.69. The van der Waals surface area contributed by atoms with Crippen molar-refractivity contribution in [1.82, 2.24) is 14.7 Å². The minimum atomic E-state index is -1.21. The van der Waals surface area contributed by atoms with Crippen molar-refractivity contribution >= 4 is 49.9 Å². The van der Waals surface area contributed by atoms with Gasteiger partial charge in [-0.3, -0.25) is 9.80 Å². The molecular weight excluding hydrogens is 330 g/mol. The maximum Gasteiger partial charge on any atom is 0.331 e. The first-order valence-electron chi connectivity index (χ1n) is 6.97. The molecule has 122 valence electrons. The highest BCUT2D eigenvalue weighted by molar-refractivity contribution is 7.80. The Morgan fingerprint density at radius 3 is 1.57 bits per heavy atom. The lowest BCUT2D eigenvalue weighted by Gasteiger charge is -2.44. The first-order chi connectivity index (χ1) is 10.1. The Morgan fingerprint density at radius 1 is 0.810 bits per heavy atom. The molecule has 1 rings (SSSR count). The van der Waals surface area contributed by atoms with Crippen LogP contribution in [-0.4, -0.2) is 75.1 Å². The van der Waals surface area contributed by atoms with E-state index in [-0.39, 0.29) is 0 Å². The lowest BCUT2D eigenvalue weighted by molar-refractivity contribution is -0.0924. The second-order valence-corrected chi connectivity index (χ2v) is 6.02. The number of aliphatic hydroxyl groups excluding tert-OH is 1. The van der Waals surface area contributed by atoms with Crippen molar-refractivity contribution in [3.63, 3.8) is 0 Å². The monoisotopic (exact) mass is 353 g/mol. The van der Waals surface area contributed by atoms with Crippen LogP contribution in [0.5, 0.6) is 0 Å². The van der Waals surface area contributed by atoms with Gasteiger partial charge < -0.3 is 5.11 Å². The van der Waals surface area contributed by atoms with Crippen molar-refractivity contribution in [2.75, 3.05) is 36.9 Å². The largest absolute Gasteiger partial charge is 0.356 e. The Bertz CT molecular complexity index is 332. The maximum absolute atomic E-state index is 12.4. The first kappa shape index (κ1) is 18.8. The molecule has 0 atom stereocenters. The molecule has 6 nitrogen and oxygen atoms in total. The van der Waals surface area contributed by atoms with Crippen LogP contribution in [0.2, 0.25) is 0 Å². The molecule has 21 heavy (non-hydrogen) atoms. The van der Waals surface area contributed by atoms with E-state index in [0.717, 1.165) is 0 Å². The SMILES string of the molecule is O=C1N(CCCS)C(=O)N(CCCS)C(O)N1CCCS. The number of thiol groups is 3. The Labute approximate surface area is 142 Å². The van der Waals surface area contributed by atoms with Gasteiger partial charge in [-0.2, -0.15) is 37.9 Å². The second-order valence-electron chi connectivity index (χ2n) is 4.68. The summed E-state index contributed by atoms with van der Waals surface area (Å²) >= 11 is 12.4. The number of aliphatic hydroxyl groups is 1. The van der Waals surface area contributed by atoms with Crippen LogP contribution in [-0.2, 0) is 0 Å². The fourth-order valence-corrected chi connectivity index (χ4v) is 2.51. The molecular formula is C12H23N3O3S3.